The van der Waals surface area contributed by atoms with E-state index < -0.39 is 63.0 Å². The minimum Gasteiger partial charge on any atom is -0.497 e. The SMILES string of the molecule is C=C[C@@H]1CC1(NC(=O)[C@@H]1C[C@@H](Oc2nccc3cc(OC)ccc23)CN1C(=O)OC(C)(C)C)C(=O)NS(=O)(=O)OC1(C)CC1. The Morgan fingerprint density at radius 1 is 1.18 bits per heavy atom. The van der Waals surface area contributed by atoms with E-state index in [4.69, 9.17) is 18.4 Å². The number of rotatable bonds is 10. The lowest BCUT2D eigenvalue weighted by molar-refractivity contribution is -0.131. The van der Waals surface area contributed by atoms with Crippen LogP contribution in [0.25, 0.3) is 10.8 Å². The van der Waals surface area contributed by atoms with Crippen molar-refractivity contribution in [3.05, 3.63) is 43.1 Å². The van der Waals surface area contributed by atoms with E-state index in [1.807, 2.05) is 22.9 Å². The number of benzene rings is 1. The highest BCUT2D eigenvalue weighted by atomic mass is 32.2. The molecule has 2 heterocycles. The van der Waals surface area contributed by atoms with Crippen molar-refractivity contribution >= 4 is 39.0 Å². The normalized spacial score (nSPS) is 25.6. The molecule has 0 spiro atoms. The summed E-state index contributed by atoms with van der Waals surface area (Å²) >= 11 is 0. The second-order valence-corrected chi connectivity index (χ2v) is 14.0. The molecule has 2 N–H and O–H groups in total. The second kappa shape index (κ2) is 11.2. The summed E-state index contributed by atoms with van der Waals surface area (Å²) in [6, 6.07) is 6.16. The molecule has 2 aliphatic carbocycles. The zero-order valence-corrected chi connectivity index (χ0v) is 26.2. The molecule has 5 rings (SSSR count). The maximum absolute atomic E-state index is 13.8. The van der Waals surface area contributed by atoms with Crippen LogP contribution in [-0.2, 0) is 28.8 Å². The summed E-state index contributed by atoms with van der Waals surface area (Å²) in [5.74, 6) is -1.15. The first-order valence-electron chi connectivity index (χ1n) is 14.4. The van der Waals surface area contributed by atoms with E-state index in [9.17, 15) is 22.8 Å². The fourth-order valence-corrected chi connectivity index (χ4v) is 6.39. The van der Waals surface area contributed by atoms with Crippen molar-refractivity contribution in [2.24, 2.45) is 5.92 Å². The van der Waals surface area contributed by atoms with Crippen LogP contribution in [0.1, 0.15) is 53.4 Å². The fourth-order valence-electron chi connectivity index (χ4n) is 5.25. The number of fused-ring (bicyclic) bond motifs is 1. The molecule has 14 heteroatoms. The number of pyridine rings is 1. The molecule has 238 valence electrons. The van der Waals surface area contributed by atoms with Gasteiger partial charge in [0.25, 0.3) is 5.91 Å². The third kappa shape index (κ3) is 6.75. The topological polar surface area (TPSA) is 162 Å². The van der Waals surface area contributed by atoms with E-state index in [1.54, 1.807) is 47.1 Å². The first-order chi connectivity index (χ1) is 20.6. The Balaban J connectivity index is 1.36. The fraction of sp³-hybridized carbons (Fsp3) is 0.533. The van der Waals surface area contributed by atoms with Gasteiger partial charge in [-0.05, 0) is 76.6 Å². The zero-order valence-electron chi connectivity index (χ0n) is 25.4. The minimum atomic E-state index is -4.42. The van der Waals surface area contributed by atoms with Gasteiger partial charge in [0, 0.05) is 23.9 Å². The summed E-state index contributed by atoms with van der Waals surface area (Å²) in [7, 11) is -2.85. The van der Waals surface area contributed by atoms with Crippen molar-refractivity contribution in [3.8, 4) is 11.6 Å². The van der Waals surface area contributed by atoms with E-state index in [0.29, 0.717) is 24.5 Å². The summed E-state index contributed by atoms with van der Waals surface area (Å²) < 4.78 is 49.3. The molecule has 0 bridgehead atoms. The summed E-state index contributed by atoms with van der Waals surface area (Å²) in [6.07, 6.45) is 2.98. The number of carbonyl (C=O) groups excluding carboxylic acids is 3. The van der Waals surface area contributed by atoms with Crippen LogP contribution in [0.4, 0.5) is 4.79 Å². The van der Waals surface area contributed by atoms with Crippen LogP contribution in [0.5, 0.6) is 11.6 Å². The monoisotopic (exact) mass is 630 g/mol. The molecular formula is C30H38N4O9S. The van der Waals surface area contributed by atoms with E-state index in [-0.39, 0.29) is 19.4 Å². The molecule has 4 atom stereocenters. The molecule has 3 amide bonds. The van der Waals surface area contributed by atoms with Gasteiger partial charge in [-0.1, -0.05) is 6.08 Å². The van der Waals surface area contributed by atoms with Gasteiger partial charge in [-0.3, -0.25) is 14.5 Å². The van der Waals surface area contributed by atoms with Crippen molar-refractivity contribution in [2.45, 2.75) is 82.3 Å². The van der Waals surface area contributed by atoms with E-state index in [0.717, 1.165) is 10.8 Å². The maximum Gasteiger partial charge on any atom is 0.411 e. The van der Waals surface area contributed by atoms with Gasteiger partial charge in [0.15, 0.2) is 0 Å². The number of ether oxygens (including phenoxy) is 3. The van der Waals surface area contributed by atoms with Gasteiger partial charge in [0.1, 0.15) is 29.0 Å². The van der Waals surface area contributed by atoms with Crippen LogP contribution in [0.3, 0.4) is 0 Å². The van der Waals surface area contributed by atoms with Gasteiger partial charge >= 0.3 is 16.4 Å². The van der Waals surface area contributed by atoms with Gasteiger partial charge in [0.05, 0.1) is 19.3 Å². The Morgan fingerprint density at radius 2 is 1.91 bits per heavy atom. The number of likely N-dealkylation sites (tertiary alicyclic amines) is 1. The molecule has 44 heavy (non-hydrogen) atoms. The Bertz CT molecular complexity index is 1600. The molecule has 3 fully saturated rings. The van der Waals surface area contributed by atoms with Crippen LogP contribution < -0.4 is 19.5 Å². The summed E-state index contributed by atoms with van der Waals surface area (Å²) in [5.41, 5.74) is -3.26. The van der Waals surface area contributed by atoms with E-state index >= 15 is 0 Å². The molecule has 1 aliphatic heterocycles. The predicted octanol–water partition coefficient (Wildman–Crippen LogP) is 2.99. The molecule has 3 aliphatic rings. The first kappa shape index (κ1) is 31.5. The maximum atomic E-state index is 13.8. The highest BCUT2D eigenvalue weighted by molar-refractivity contribution is 7.85. The number of methoxy groups -OCH3 is 1. The average Bonchev–Trinajstić information content (AvgIpc) is 3.79. The molecule has 0 radical (unpaired) electrons. The average molecular weight is 631 g/mol. The van der Waals surface area contributed by atoms with Gasteiger partial charge in [-0.15, -0.1) is 6.58 Å². The molecule has 13 nitrogen and oxygen atoms in total. The Hall–Kier alpha value is -3.91. The van der Waals surface area contributed by atoms with Crippen molar-refractivity contribution < 1.29 is 41.2 Å². The first-order valence-corrected chi connectivity index (χ1v) is 15.8. The minimum absolute atomic E-state index is 0.00606. The highest BCUT2D eigenvalue weighted by Gasteiger charge is 2.62. The van der Waals surface area contributed by atoms with Crippen LogP contribution in [0.2, 0.25) is 0 Å². The molecule has 1 aromatic heterocycles. The second-order valence-electron chi connectivity index (χ2n) is 12.8. The number of hydrogen-bond donors (Lipinski definition) is 2. The number of hydrogen-bond acceptors (Lipinski definition) is 10. The molecule has 1 unspecified atom stereocenters. The van der Waals surface area contributed by atoms with Gasteiger partial charge in [-0.2, -0.15) is 8.42 Å². The summed E-state index contributed by atoms with van der Waals surface area (Å²) in [6.45, 7) is 10.5. The van der Waals surface area contributed by atoms with Crippen molar-refractivity contribution in [1.82, 2.24) is 19.9 Å². The van der Waals surface area contributed by atoms with Gasteiger partial charge < -0.3 is 19.5 Å². The lowest BCUT2D eigenvalue weighted by Gasteiger charge is -2.29. The van der Waals surface area contributed by atoms with Crippen molar-refractivity contribution in [3.63, 3.8) is 0 Å². The smallest absolute Gasteiger partial charge is 0.411 e. The Morgan fingerprint density at radius 3 is 2.52 bits per heavy atom. The number of amides is 3. The third-order valence-electron chi connectivity index (χ3n) is 7.94. The van der Waals surface area contributed by atoms with Crippen LogP contribution >= 0.6 is 0 Å². The standard InChI is InChI=1S/C30H38N4O9S/c1-7-19-16-30(19,26(36)33-44(38,39)43-29(5)11-12-29)32-24(35)23-15-21(17-34(23)27(37)42-28(2,3)4)41-25-22-9-8-20(40-6)14-18(22)10-13-31-25/h7-10,13-14,19,21,23H,1,11-12,15-17H2,2-6H3,(H,32,35)(H,33,36)/t19-,21-,23+,30?/m1/s1. The lowest BCUT2D eigenvalue weighted by atomic mass is 10.1. The molecule has 2 saturated carbocycles. The van der Waals surface area contributed by atoms with Gasteiger partial charge in [0.2, 0.25) is 11.8 Å². The van der Waals surface area contributed by atoms with Gasteiger partial charge in [-0.25, -0.2) is 18.7 Å². The Kier molecular flexibility index (Phi) is 8.04. The quantitative estimate of drug-likeness (QED) is 0.373. The van der Waals surface area contributed by atoms with Crippen molar-refractivity contribution in [2.75, 3.05) is 13.7 Å². The zero-order chi connectivity index (χ0) is 32.1. The number of aromatic nitrogens is 1. The third-order valence-corrected chi connectivity index (χ3v) is 9.00. The lowest BCUT2D eigenvalue weighted by Crippen LogP contribution is -2.56. The van der Waals surface area contributed by atoms with Crippen LogP contribution in [0.15, 0.2) is 43.1 Å². The molecule has 1 aromatic carbocycles. The van der Waals surface area contributed by atoms with Crippen LogP contribution in [-0.4, -0.2) is 78.8 Å². The largest absolute Gasteiger partial charge is 0.497 e. The highest BCUT2D eigenvalue weighted by Crippen LogP contribution is 2.46. The number of carbonyl (C=O) groups is 3. The summed E-state index contributed by atoms with van der Waals surface area (Å²) in [4.78, 5) is 46.0. The van der Waals surface area contributed by atoms with Crippen molar-refractivity contribution in [1.29, 1.82) is 0 Å². The van der Waals surface area contributed by atoms with Crippen LogP contribution in [0, 0.1) is 5.92 Å². The van der Waals surface area contributed by atoms with E-state index in [2.05, 4.69) is 16.9 Å². The predicted molar refractivity (Wildman–Crippen MR) is 159 cm³/mol. The number of nitrogens with one attached hydrogen (secondary N) is 2. The Labute approximate surface area is 256 Å². The summed E-state index contributed by atoms with van der Waals surface area (Å²) in [5, 5.41) is 4.26. The molecule has 2 aromatic rings. The molecule has 1 saturated heterocycles. The number of nitrogens with zero attached hydrogens (tertiary/aromatic N) is 2. The molecular weight excluding hydrogens is 592 g/mol. The van der Waals surface area contributed by atoms with E-state index in [1.165, 1.54) is 11.0 Å².